The third-order valence-corrected chi connectivity index (χ3v) is 2.01. The summed E-state index contributed by atoms with van der Waals surface area (Å²) < 4.78 is 4.85. The molecule has 0 saturated heterocycles. The second kappa shape index (κ2) is 4.76. The highest BCUT2D eigenvalue weighted by Crippen LogP contribution is 2.31. The van der Waals surface area contributed by atoms with E-state index in [1.807, 2.05) is 6.07 Å². The summed E-state index contributed by atoms with van der Waals surface area (Å²) in [5, 5.41) is 28.2. The van der Waals surface area contributed by atoms with E-state index < -0.39 is 4.92 Å². The van der Waals surface area contributed by atoms with Gasteiger partial charge in [0.1, 0.15) is 11.8 Å². The van der Waals surface area contributed by atoms with Gasteiger partial charge in [0.25, 0.3) is 5.69 Å². The number of benzene rings is 1. The van der Waals surface area contributed by atoms with Crippen LogP contribution in [0.3, 0.4) is 0 Å². The molecule has 16 heavy (non-hydrogen) atoms. The molecule has 0 aliphatic heterocycles. The number of nitro benzene ring substituents is 1. The third kappa shape index (κ3) is 1.91. The molecular weight excluding hydrogens is 210 g/mol. The molecule has 0 aromatic heterocycles. The second-order valence-electron chi connectivity index (χ2n) is 2.85. The standard InChI is InChI=1S/C10H7N3O3/c1-16-9-3-2-7(4-5-11)10(13(14)15)8(9)6-12/h2-3H,4H2,1H3. The Morgan fingerprint density at radius 1 is 1.50 bits per heavy atom. The van der Waals surface area contributed by atoms with Crippen LogP contribution in [0.5, 0.6) is 5.75 Å². The van der Waals surface area contributed by atoms with Crippen molar-refractivity contribution in [2.75, 3.05) is 7.11 Å². The Hall–Kier alpha value is -2.60. The molecule has 80 valence electrons. The Kier molecular flexibility index (Phi) is 3.41. The van der Waals surface area contributed by atoms with E-state index in [0.717, 1.165) is 0 Å². The lowest BCUT2D eigenvalue weighted by atomic mass is 10.0. The van der Waals surface area contributed by atoms with E-state index in [0.29, 0.717) is 0 Å². The number of nitro groups is 1. The van der Waals surface area contributed by atoms with Gasteiger partial charge in [-0.2, -0.15) is 10.5 Å². The number of nitriles is 2. The van der Waals surface area contributed by atoms with E-state index in [-0.39, 0.29) is 29.0 Å². The van der Waals surface area contributed by atoms with Gasteiger partial charge in [-0.25, -0.2) is 0 Å². The van der Waals surface area contributed by atoms with Gasteiger partial charge in [0.05, 0.1) is 24.5 Å². The van der Waals surface area contributed by atoms with Crippen molar-refractivity contribution < 1.29 is 9.66 Å². The minimum Gasteiger partial charge on any atom is -0.495 e. The summed E-state index contributed by atoms with van der Waals surface area (Å²) in [4.78, 5) is 10.2. The quantitative estimate of drug-likeness (QED) is 0.564. The SMILES string of the molecule is COc1ccc(CC#N)c([N+](=O)[O-])c1C#N. The van der Waals surface area contributed by atoms with Crippen LogP contribution in [0.1, 0.15) is 11.1 Å². The van der Waals surface area contributed by atoms with Crippen molar-refractivity contribution in [3.63, 3.8) is 0 Å². The van der Waals surface area contributed by atoms with Crippen molar-refractivity contribution in [3.8, 4) is 17.9 Å². The van der Waals surface area contributed by atoms with E-state index in [1.54, 1.807) is 6.07 Å². The Bertz CT molecular complexity index is 511. The molecule has 0 atom stereocenters. The van der Waals surface area contributed by atoms with Crippen LogP contribution < -0.4 is 4.74 Å². The molecule has 0 fully saturated rings. The van der Waals surface area contributed by atoms with Crippen LogP contribution in [0.4, 0.5) is 5.69 Å². The van der Waals surface area contributed by atoms with E-state index in [4.69, 9.17) is 15.3 Å². The molecule has 0 aliphatic rings. The lowest BCUT2D eigenvalue weighted by Gasteiger charge is -2.05. The maximum Gasteiger partial charge on any atom is 0.295 e. The fourth-order valence-electron chi connectivity index (χ4n) is 1.33. The van der Waals surface area contributed by atoms with Gasteiger partial charge >= 0.3 is 0 Å². The van der Waals surface area contributed by atoms with Crippen LogP contribution in [0, 0.1) is 32.8 Å². The van der Waals surface area contributed by atoms with Crippen molar-refractivity contribution in [3.05, 3.63) is 33.4 Å². The largest absolute Gasteiger partial charge is 0.495 e. The van der Waals surface area contributed by atoms with Gasteiger partial charge in [-0.1, -0.05) is 0 Å². The van der Waals surface area contributed by atoms with Gasteiger partial charge < -0.3 is 4.74 Å². The van der Waals surface area contributed by atoms with E-state index in [1.165, 1.54) is 19.2 Å². The number of nitrogens with zero attached hydrogens (tertiary/aromatic N) is 3. The lowest BCUT2D eigenvalue weighted by molar-refractivity contribution is -0.385. The molecule has 1 aromatic rings. The van der Waals surface area contributed by atoms with Crippen LogP contribution in [0.2, 0.25) is 0 Å². The average molecular weight is 217 g/mol. The first-order chi connectivity index (χ1) is 7.65. The van der Waals surface area contributed by atoms with Crippen LogP contribution >= 0.6 is 0 Å². The first-order valence-electron chi connectivity index (χ1n) is 4.27. The number of rotatable bonds is 3. The third-order valence-electron chi connectivity index (χ3n) is 2.01. The van der Waals surface area contributed by atoms with Gasteiger partial charge in [0, 0.05) is 5.56 Å². The molecule has 6 heteroatoms. The van der Waals surface area contributed by atoms with Gasteiger partial charge in [-0.3, -0.25) is 10.1 Å². The van der Waals surface area contributed by atoms with E-state index in [2.05, 4.69) is 0 Å². The Morgan fingerprint density at radius 3 is 2.62 bits per heavy atom. The lowest BCUT2D eigenvalue weighted by Crippen LogP contribution is -2.00. The molecule has 0 saturated carbocycles. The average Bonchev–Trinajstić information content (AvgIpc) is 2.28. The monoisotopic (exact) mass is 217 g/mol. The van der Waals surface area contributed by atoms with Crippen LogP contribution in [-0.4, -0.2) is 12.0 Å². The fourth-order valence-corrected chi connectivity index (χ4v) is 1.33. The van der Waals surface area contributed by atoms with Gasteiger partial charge in [0.2, 0.25) is 0 Å². The fraction of sp³-hybridized carbons (Fsp3) is 0.200. The van der Waals surface area contributed by atoms with Crippen molar-refractivity contribution in [1.82, 2.24) is 0 Å². The highest BCUT2D eigenvalue weighted by molar-refractivity contribution is 5.61. The Labute approximate surface area is 91.4 Å². The number of hydrogen-bond acceptors (Lipinski definition) is 5. The molecule has 0 bridgehead atoms. The van der Waals surface area contributed by atoms with Gasteiger partial charge in [-0.15, -0.1) is 0 Å². The van der Waals surface area contributed by atoms with Crippen molar-refractivity contribution in [2.45, 2.75) is 6.42 Å². The van der Waals surface area contributed by atoms with Gasteiger partial charge in [0.15, 0.2) is 5.56 Å². The summed E-state index contributed by atoms with van der Waals surface area (Å²) in [7, 11) is 1.32. The van der Waals surface area contributed by atoms with Crippen molar-refractivity contribution in [1.29, 1.82) is 10.5 Å². The zero-order chi connectivity index (χ0) is 12.1. The van der Waals surface area contributed by atoms with Gasteiger partial charge in [-0.05, 0) is 12.1 Å². The summed E-state index contributed by atoms with van der Waals surface area (Å²) in [6, 6.07) is 6.39. The second-order valence-corrected chi connectivity index (χ2v) is 2.85. The molecule has 0 aliphatic carbocycles. The normalized spacial score (nSPS) is 8.94. The molecule has 0 amide bonds. The highest BCUT2D eigenvalue weighted by atomic mass is 16.6. The summed E-state index contributed by atoms with van der Waals surface area (Å²) >= 11 is 0. The molecule has 0 heterocycles. The zero-order valence-corrected chi connectivity index (χ0v) is 8.43. The predicted octanol–water partition coefficient (Wildman–Crippen LogP) is 1.54. The Morgan fingerprint density at radius 2 is 2.19 bits per heavy atom. The number of ether oxygens (including phenoxy) is 1. The molecule has 0 spiro atoms. The first-order valence-corrected chi connectivity index (χ1v) is 4.27. The summed E-state index contributed by atoms with van der Waals surface area (Å²) in [5.41, 5.74) is -0.298. The molecular formula is C10H7N3O3. The summed E-state index contributed by atoms with van der Waals surface area (Å²) in [5.74, 6) is 0.135. The maximum atomic E-state index is 10.8. The molecule has 0 radical (unpaired) electrons. The number of hydrogen-bond donors (Lipinski definition) is 0. The predicted molar refractivity (Wildman–Crippen MR) is 53.7 cm³/mol. The minimum absolute atomic E-state index is 0.116. The summed E-state index contributed by atoms with van der Waals surface area (Å²) in [6.45, 7) is 0. The van der Waals surface area contributed by atoms with Crippen LogP contribution in [-0.2, 0) is 6.42 Å². The Balaban J connectivity index is 3.53. The molecule has 6 nitrogen and oxygen atoms in total. The van der Waals surface area contributed by atoms with Crippen molar-refractivity contribution in [2.24, 2.45) is 0 Å². The van der Waals surface area contributed by atoms with Crippen LogP contribution in [0.15, 0.2) is 12.1 Å². The molecule has 0 unspecified atom stereocenters. The van der Waals surface area contributed by atoms with E-state index >= 15 is 0 Å². The minimum atomic E-state index is -0.673. The summed E-state index contributed by atoms with van der Waals surface area (Å²) in [6.07, 6.45) is -0.116. The van der Waals surface area contributed by atoms with Crippen molar-refractivity contribution >= 4 is 5.69 Å². The number of methoxy groups -OCH3 is 1. The molecule has 0 N–H and O–H groups in total. The zero-order valence-electron chi connectivity index (χ0n) is 8.43. The highest BCUT2D eigenvalue weighted by Gasteiger charge is 2.23. The van der Waals surface area contributed by atoms with Crippen LogP contribution in [0.25, 0.3) is 0 Å². The van der Waals surface area contributed by atoms with E-state index in [9.17, 15) is 10.1 Å². The first kappa shape index (κ1) is 11.5. The molecule has 1 rings (SSSR count). The topological polar surface area (TPSA) is 99.9 Å². The maximum absolute atomic E-state index is 10.8. The smallest absolute Gasteiger partial charge is 0.295 e. The molecule has 1 aromatic carbocycles.